The minimum atomic E-state index is -0.820. The Morgan fingerprint density at radius 1 is 0.980 bits per heavy atom. The van der Waals surface area contributed by atoms with Crippen LogP contribution in [0.25, 0.3) is 10.9 Å². The zero-order valence-electron chi connectivity index (χ0n) is 29.2. The summed E-state index contributed by atoms with van der Waals surface area (Å²) in [6, 6.07) is 10.1. The van der Waals surface area contributed by atoms with Crippen LogP contribution >= 0.6 is 0 Å². The fourth-order valence-corrected chi connectivity index (χ4v) is 6.39. The Balaban J connectivity index is 1.44. The second-order valence-corrected chi connectivity index (χ2v) is 12.8. The smallest absolute Gasteiger partial charge is 0.243 e. The molecular weight excluding hydrogens is 626 g/mol. The molecule has 0 aliphatic carbocycles. The summed E-state index contributed by atoms with van der Waals surface area (Å²) in [4.78, 5) is 51.0. The lowest BCUT2D eigenvalue weighted by molar-refractivity contribution is -0.131. The standard InChI is InChI=1S/C36H47N7O6/c1-22(2)16-28-35-38-23(3)41-43(35)15-14-42(33(45)19-24-17-30(47-4)34(49-6)31(18-24)48-5)13-9-12-32(44)39-29(36(46)40-28)20-25-21-37-27-11-8-7-10-26(25)27/h7-8,10-11,17-18,21-22,28-29,37H,9,12-16,19-20H2,1-6H3,(H,39,44)(H,40,46)/t28-,29+/m0/s1. The Labute approximate surface area is 286 Å². The van der Waals surface area contributed by atoms with Gasteiger partial charge in [0.25, 0.3) is 0 Å². The molecule has 2 aromatic heterocycles. The van der Waals surface area contributed by atoms with Gasteiger partial charge in [0, 0.05) is 43.0 Å². The first kappa shape index (κ1) is 35.2. The molecule has 13 heteroatoms. The monoisotopic (exact) mass is 673 g/mol. The van der Waals surface area contributed by atoms with Crippen LogP contribution < -0.4 is 24.8 Å². The van der Waals surface area contributed by atoms with Gasteiger partial charge in [0.1, 0.15) is 17.7 Å². The molecular formula is C36H47N7O6. The number of nitrogens with one attached hydrogen (secondary N) is 3. The zero-order valence-corrected chi connectivity index (χ0v) is 29.2. The molecule has 0 saturated heterocycles. The molecule has 0 bridgehead atoms. The quantitative estimate of drug-likeness (QED) is 0.242. The minimum Gasteiger partial charge on any atom is -0.493 e. The number of carbonyl (C=O) groups is 3. The highest BCUT2D eigenvalue weighted by atomic mass is 16.5. The van der Waals surface area contributed by atoms with Gasteiger partial charge in [0.2, 0.25) is 23.5 Å². The number of nitrogens with zero attached hydrogens (tertiary/aromatic N) is 4. The number of hydrogen-bond acceptors (Lipinski definition) is 8. The average molecular weight is 674 g/mol. The summed E-state index contributed by atoms with van der Waals surface area (Å²) in [6.45, 7) is 7.03. The number of aromatic nitrogens is 4. The molecule has 13 nitrogen and oxygen atoms in total. The van der Waals surface area contributed by atoms with Gasteiger partial charge < -0.3 is 34.7 Å². The van der Waals surface area contributed by atoms with E-state index >= 15 is 0 Å². The second-order valence-electron chi connectivity index (χ2n) is 12.8. The number of methoxy groups -OCH3 is 3. The highest BCUT2D eigenvalue weighted by Crippen LogP contribution is 2.38. The Kier molecular flexibility index (Phi) is 11.4. The normalized spacial score (nSPS) is 17.7. The van der Waals surface area contributed by atoms with E-state index < -0.39 is 12.1 Å². The van der Waals surface area contributed by atoms with Gasteiger partial charge in [-0.2, -0.15) is 5.10 Å². The molecule has 0 fully saturated rings. The van der Waals surface area contributed by atoms with Crippen LogP contribution in [0.5, 0.6) is 17.2 Å². The van der Waals surface area contributed by atoms with Gasteiger partial charge in [0.15, 0.2) is 11.5 Å². The molecule has 3 N–H and O–H groups in total. The summed E-state index contributed by atoms with van der Waals surface area (Å²) in [6.07, 6.45) is 3.45. The Hall–Kier alpha value is -5.07. The van der Waals surface area contributed by atoms with Crippen LogP contribution in [-0.2, 0) is 33.8 Å². The van der Waals surface area contributed by atoms with Crippen LogP contribution in [0.3, 0.4) is 0 Å². The molecule has 1 aliphatic rings. The number of H-pyrrole nitrogens is 1. The summed E-state index contributed by atoms with van der Waals surface area (Å²) in [5, 5.41) is 11.9. The number of ether oxygens (including phenoxy) is 3. The van der Waals surface area contributed by atoms with Crippen LogP contribution in [0.4, 0.5) is 0 Å². The second kappa shape index (κ2) is 15.9. The third kappa shape index (κ3) is 8.51. The molecule has 3 heterocycles. The van der Waals surface area contributed by atoms with Crippen molar-refractivity contribution in [3.8, 4) is 17.2 Å². The van der Waals surface area contributed by atoms with Crippen LogP contribution in [0.2, 0.25) is 0 Å². The molecule has 0 saturated carbocycles. The highest BCUT2D eigenvalue weighted by molar-refractivity contribution is 5.90. The Morgan fingerprint density at radius 2 is 1.71 bits per heavy atom. The van der Waals surface area contributed by atoms with Gasteiger partial charge in [0.05, 0.1) is 40.3 Å². The number of aromatic amines is 1. The van der Waals surface area contributed by atoms with Crippen molar-refractivity contribution in [2.24, 2.45) is 5.92 Å². The number of rotatable bonds is 9. The van der Waals surface area contributed by atoms with Crippen molar-refractivity contribution in [1.29, 1.82) is 0 Å². The number of aryl methyl sites for hydroxylation is 1. The zero-order chi connectivity index (χ0) is 35.1. The number of hydrogen-bond donors (Lipinski definition) is 3. The minimum absolute atomic E-state index is 0.0882. The van der Waals surface area contributed by atoms with Gasteiger partial charge in [-0.15, -0.1) is 0 Å². The number of benzene rings is 2. The summed E-state index contributed by atoms with van der Waals surface area (Å²) in [5.74, 6) is 2.13. The van der Waals surface area contributed by atoms with E-state index in [0.717, 1.165) is 16.5 Å². The lowest BCUT2D eigenvalue weighted by atomic mass is 10.0. The molecule has 0 spiro atoms. The van der Waals surface area contributed by atoms with Crippen molar-refractivity contribution in [2.45, 2.75) is 71.5 Å². The van der Waals surface area contributed by atoms with Crippen LogP contribution in [0, 0.1) is 12.8 Å². The van der Waals surface area contributed by atoms with E-state index in [1.807, 2.05) is 37.4 Å². The number of amides is 3. The fourth-order valence-electron chi connectivity index (χ4n) is 6.39. The van der Waals surface area contributed by atoms with E-state index in [0.29, 0.717) is 73.4 Å². The lowest BCUT2D eigenvalue weighted by Gasteiger charge is -2.27. The molecule has 1 aliphatic heterocycles. The van der Waals surface area contributed by atoms with E-state index in [1.165, 1.54) is 21.3 Å². The predicted octanol–water partition coefficient (Wildman–Crippen LogP) is 3.89. The maximum atomic E-state index is 14.0. The molecule has 2 aromatic carbocycles. The van der Waals surface area contributed by atoms with Crippen molar-refractivity contribution >= 4 is 28.6 Å². The number of carbonyl (C=O) groups excluding carboxylic acids is 3. The third-order valence-corrected chi connectivity index (χ3v) is 8.74. The van der Waals surface area contributed by atoms with Gasteiger partial charge >= 0.3 is 0 Å². The average Bonchev–Trinajstić information content (AvgIpc) is 3.66. The van der Waals surface area contributed by atoms with E-state index in [9.17, 15) is 14.4 Å². The maximum Gasteiger partial charge on any atom is 0.243 e. The maximum absolute atomic E-state index is 14.0. The molecule has 262 valence electrons. The van der Waals surface area contributed by atoms with Gasteiger partial charge in [-0.05, 0) is 55.0 Å². The first-order valence-electron chi connectivity index (χ1n) is 16.7. The Morgan fingerprint density at radius 3 is 2.41 bits per heavy atom. The molecule has 49 heavy (non-hydrogen) atoms. The summed E-state index contributed by atoms with van der Waals surface area (Å²) < 4.78 is 18.2. The molecule has 4 aromatic rings. The number of para-hydroxylation sites is 1. The summed E-state index contributed by atoms with van der Waals surface area (Å²) in [7, 11) is 4.60. The first-order chi connectivity index (χ1) is 23.6. The van der Waals surface area contributed by atoms with Gasteiger partial charge in [-0.3, -0.25) is 14.4 Å². The first-order valence-corrected chi connectivity index (χ1v) is 16.7. The third-order valence-electron chi connectivity index (χ3n) is 8.74. The lowest BCUT2D eigenvalue weighted by Crippen LogP contribution is -2.49. The topological polar surface area (TPSA) is 153 Å². The summed E-state index contributed by atoms with van der Waals surface area (Å²) >= 11 is 0. The largest absolute Gasteiger partial charge is 0.493 e. The SMILES string of the molecule is COc1cc(CC(=O)N2CCCC(=O)N[C@H](Cc3c[nH]c4ccccc34)C(=O)N[C@@H](CC(C)C)c3nc(C)nn3CC2)cc(OC)c1OC. The van der Waals surface area contributed by atoms with E-state index in [2.05, 4.69) is 34.6 Å². The Bertz CT molecular complexity index is 1760. The van der Waals surface area contributed by atoms with Crippen molar-refractivity contribution in [2.75, 3.05) is 34.4 Å². The van der Waals surface area contributed by atoms with Gasteiger partial charge in [-0.1, -0.05) is 32.0 Å². The molecule has 0 unspecified atom stereocenters. The molecule has 5 rings (SSSR count). The van der Waals surface area contributed by atoms with E-state index in [-0.39, 0.29) is 36.5 Å². The van der Waals surface area contributed by atoms with Crippen LogP contribution in [-0.4, -0.2) is 82.8 Å². The molecule has 3 amide bonds. The van der Waals surface area contributed by atoms with Crippen molar-refractivity contribution < 1.29 is 28.6 Å². The molecule has 0 radical (unpaired) electrons. The van der Waals surface area contributed by atoms with Crippen molar-refractivity contribution in [1.82, 2.24) is 35.3 Å². The van der Waals surface area contributed by atoms with Crippen molar-refractivity contribution in [3.63, 3.8) is 0 Å². The van der Waals surface area contributed by atoms with Crippen molar-refractivity contribution in [3.05, 3.63) is 65.4 Å². The fraction of sp³-hybridized carbons (Fsp3) is 0.472. The van der Waals surface area contributed by atoms with Crippen LogP contribution in [0.15, 0.2) is 42.6 Å². The number of fused-ring (bicyclic) bond motifs is 2. The van der Waals surface area contributed by atoms with E-state index in [4.69, 9.17) is 19.2 Å². The molecule has 2 atom stereocenters. The predicted molar refractivity (Wildman–Crippen MR) is 185 cm³/mol. The summed E-state index contributed by atoms with van der Waals surface area (Å²) in [5.41, 5.74) is 2.59. The van der Waals surface area contributed by atoms with E-state index in [1.54, 1.807) is 21.7 Å². The highest BCUT2D eigenvalue weighted by Gasteiger charge is 2.29. The van der Waals surface area contributed by atoms with Gasteiger partial charge in [-0.25, -0.2) is 9.67 Å². The van der Waals surface area contributed by atoms with Crippen LogP contribution in [0.1, 0.15) is 61.9 Å².